The van der Waals surface area contributed by atoms with Crippen molar-refractivity contribution in [2.45, 2.75) is 0 Å². The number of hydrogen-bond donors (Lipinski definition) is 1. The van der Waals surface area contributed by atoms with Crippen LogP contribution >= 0.6 is 0 Å². The summed E-state index contributed by atoms with van der Waals surface area (Å²) < 4.78 is 12.7. The van der Waals surface area contributed by atoms with Crippen LogP contribution in [0.15, 0.2) is 30.6 Å². The van der Waals surface area contributed by atoms with Gasteiger partial charge in [0, 0.05) is 0 Å². The lowest BCUT2D eigenvalue weighted by atomic mass is 10.3. The highest BCUT2D eigenvalue weighted by Crippen LogP contribution is 2.09. The molecule has 0 atom stereocenters. The van der Waals surface area contributed by atoms with Gasteiger partial charge >= 0.3 is 0 Å². The first-order valence-corrected chi connectivity index (χ1v) is 4.35. The minimum absolute atomic E-state index is 0.283. The molecule has 0 spiro atoms. The van der Waals surface area contributed by atoms with Gasteiger partial charge in [-0.05, 0) is 24.3 Å². The summed E-state index contributed by atoms with van der Waals surface area (Å²) in [7, 11) is 0. The van der Waals surface area contributed by atoms with E-state index in [0.717, 1.165) is 0 Å². The second-order valence-electron chi connectivity index (χ2n) is 3.04. The second-order valence-corrected chi connectivity index (χ2v) is 3.04. The Morgan fingerprint density at radius 3 is 2.67 bits per heavy atom. The van der Waals surface area contributed by atoms with E-state index in [9.17, 15) is 4.39 Å². The van der Waals surface area contributed by atoms with Gasteiger partial charge in [0.05, 0.1) is 12.0 Å². The van der Waals surface area contributed by atoms with Gasteiger partial charge in [-0.15, -0.1) is 15.0 Å². The molecular formula is C9H6FN5. The van der Waals surface area contributed by atoms with E-state index in [-0.39, 0.29) is 5.82 Å². The van der Waals surface area contributed by atoms with Crippen molar-refractivity contribution in [3.8, 4) is 5.69 Å². The van der Waals surface area contributed by atoms with Gasteiger partial charge in [0.2, 0.25) is 11.3 Å². The summed E-state index contributed by atoms with van der Waals surface area (Å²) >= 11 is 0. The average Bonchev–Trinajstić information content (AvgIpc) is 2.78. The Kier molecular flexibility index (Phi) is 1.55. The van der Waals surface area contributed by atoms with E-state index in [0.29, 0.717) is 17.0 Å². The van der Waals surface area contributed by atoms with Crippen molar-refractivity contribution in [2.24, 2.45) is 0 Å². The van der Waals surface area contributed by atoms with E-state index in [2.05, 4.69) is 20.2 Å². The molecule has 15 heavy (non-hydrogen) atoms. The normalized spacial score (nSPS) is 11.0. The second kappa shape index (κ2) is 2.88. The van der Waals surface area contributed by atoms with Crippen LogP contribution in [0.5, 0.6) is 0 Å². The number of hydrogen-bond acceptors (Lipinski definition) is 3. The number of rotatable bonds is 1. The number of aromatic amines is 1. The van der Waals surface area contributed by atoms with Gasteiger partial charge in [-0.2, -0.15) is 0 Å². The zero-order chi connectivity index (χ0) is 10.3. The number of H-pyrrole nitrogens is 1. The molecule has 3 rings (SSSR count). The maximum Gasteiger partial charge on any atom is 0.220 e. The van der Waals surface area contributed by atoms with Crippen molar-refractivity contribution in [1.29, 1.82) is 0 Å². The topological polar surface area (TPSA) is 59.4 Å². The van der Waals surface area contributed by atoms with Crippen molar-refractivity contribution >= 4 is 11.3 Å². The molecule has 0 aliphatic rings. The fourth-order valence-corrected chi connectivity index (χ4v) is 1.32. The van der Waals surface area contributed by atoms with Gasteiger partial charge in [-0.1, -0.05) is 0 Å². The van der Waals surface area contributed by atoms with E-state index in [1.165, 1.54) is 23.3 Å². The Labute approximate surface area is 83.6 Å². The first kappa shape index (κ1) is 8.10. The van der Waals surface area contributed by atoms with Gasteiger partial charge in [0.25, 0.3) is 0 Å². The molecule has 0 bridgehead atoms. The molecule has 2 aromatic heterocycles. The monoisotopic (exact) mass is 203 g/mol. The highest BCUT2D eigenvalue weighted by molar-refractivity contribution is 5.63. The molecule has 0 radical (unpaired) electrons. The molecule has 5 nitrogen and oxygen atoms in total. The number of benzene rings is 1. The number of halogens is 1. The zero-order valence-electron chi connectivity index (χ0n) is 7.55. The summed E-state index contributed by atoms with van der Waals surface area (Å²) in [6, 6.07) is 5.93. The highest BCUT2D eigenvalue weighted by atomic mass is 19.1. The van der Waals surface area contributed by atoms with E-state index < -0.39 is 0 Å². The summed E-state index contributed by atoms with van der Waals surface area (Å²) in [6.45, 7) is 0. The molecule has 0 aliphatic carbocycles. The molecule has 0 amide bonds. The fourth-order valence-electron chi connectivity index (χ4n) is 1.32. The van der Waals surface area contributed by atoms with E-state index in [1.54, 1.807) is 12.1 Å². The summed E-state index contributed by atoms with van der Waals surface area (Å²) in [5.74, 6) is -0.283. The molecule has 3 aromatic rings. The third-order valence-corrected chi connectivity index (χ3v) is 2.04. The summed E-state index contributed by atoms with van der Waals surface area (Å²) in [4.78, 5) is 8.21. The van der Waals surface area contributed by atoms with Crippen LogP contribution in [0.1, 0.15) is 0 Å². The van der Waals surface area contributed by atoms with Crippen molar-refractivity contribution in [1.82, 2.24) is 25.0 Å². The molecular weight excluding hydrogens is 197 g/mol. The van der Waals surface area contributed by atoms with Crippen LogP contribution < -0.4 is 0 Å². The number of nitrogens with zero attached hydrogens (tertiary/aromatic N) is 4. The molecule has 0 fully saturated rings. The van der Waals surface area contributed by atoms with E-state index >= 15 is 0 Å². The molecule has 6 heteroatoms. The zero-order valence-corrected chi connectivity index (χ0v) is 7.55. The Morgan fingerprint density at radius 2 is 1.93 bits per heavy atom. The maximum atomic E-state index is 12.7. The molecule has 1 aromatic carbocycles. The Hall–Kier alpha value is -2.24. The minimum atomic E-state index is -0.283. The fraction of sp³-hybridized carbons (Fsp3) is 0. The number of nitrogens with one attached hydrogen (secondary N) is 1. The lowest BCUT2D eigenvalue weighted by Gasteiger charge is -1.97. The Morgan fingerprint density at radius 1 is 1.13 bits per heavy atom. The predicted molar refractivity (Wildman–Crippen MR) is 51.0 cm³/mol. The molecule has 2 heterocycles. The number of imidazole rings is 1. The minimum Gasteiger partial charge on any atom is -0.326 e. The van der Waals surface area contributed by atoms with Crippen LogP contribution in [0.2, 0.25) is 0 Å². The standard InChI is InChI=1S/C9H6FN5/c10-6-1-3-7(4-2-6)15-13-8-9(14-15)12-5-11-8/h1-5H,(H,11,12,13,14). The largest absolute Gasteiger partial charge is 0.326 e. The third-order valence-electron chi connectivity index (χ3n) is 2.04. The van der Waals surface area contributed by atoms with Crippen LogP contribution in [-0.2, 0) is 0 Å². The van der Waals surface area contributed by atoms with Crippen LogP contribution in [0.4, 0.5) is 4.39 Å². The van der Waals surface area contributed by atoms with E-state index in [4.69, 9.17) is 0 Å². The Bertz CT molecular complexity index is 566. The molecule has 74 valence electrons. The van der Waals surface area contributed by atoms with Crippen LogP contribution in [0, 0.1) is 5.82 Å². The van der Waals surface area contributed by atoms with Crippen molar-refractivity contribution in [2.75, 3.05) is 0 Å². The SMILES string of the molecule is Fc1ccc(-n2nc3nc[nH]c3n2)cc1. The quantitative estimate of drug-likeness (QED) is 0.648. The number of aromatic nitrogens is 5. The Balaban J connectivity index is 2.13. The summed E-state index contributed by atoms with van der Waals surface area (Å²) in [5.41, 5.74) is 1.85. The van der Waals surface area contributed by atoms with Crippen LogP contribution in [0.3, 0.4) is 0 Å². The molecule has 0 unspecified atom stereocenters. The van der Waals surface area contributed by atoms with Crippen molar-refractivity contribution in [3.63, 3.8) is 0 Å². The third kappa shape index (κ3) is 1.26. The van der Waals surface area contributed by atoms with Gasteiger partial charge in [-0.25, -0.2) is 9.37 Å². The van der Waals surface area contributed by atoms with Crippen LogP contribution in [0.25, 0.3) is 17.0 Å². The molecule has 0 saturated heterocycles. The first-order chi connectivity index (χ1) is 7.33. The van der Waals surface area contributed by atoms with Crippen LogP contribution in [-0.4, -0.2) is 25.0 Å². The van der Waals surface area contributed by atoms with Crippen molar-refractivity contribution in [3.05, 3.63) is 36.4 Å². The van der Waals surface area contributed by atoms with Gasteiger partial charge < -0.3 is 4.98 Å². The molecule has 1 N–H and O–H groups in total. The summed E-state index contributed by atoms with van der Waals surface area (Å²) in [6.07, 6.45) is 1.53. The van der Waals surface area contributed by atoms with E-state index in [1.807, 2.05) is 0 Å². The number of fused-ring (bicyclic) bond motifs is 1. The van der Waals surface area contributed by atoms with Gasteiger partial charge in [-0.3, -0.25) is 0 Å². The van der Waals surface area contributed by atoms with Crippen molar-refractivity contribution < 1.29 is 4.39 Å². The smallest absolute Gasteiger partial charge is 0.220 e. The lowest BCUT2D eigenvalue weighted by molar-refractivity contribution is 0.626. The summed E-state index contributed by atoms with van der Waals surface area (Å²) in [5, 5.41) is 8.25. The van der Waals surface area contributed by atoms with Gasteiger partial charge in [0.15, 0.2) is 0 Å². The predicted octanol–water partition coefficient (Wildman–Crippen LogP) is 1.28. The average molecular weight is 203 g/mol. The first-order valence-electron chi connectivity index (χ1n) is 4.35. The lowest BCUT2D eigenvalue weighted by Crippen LogP contribution is -1.98. The molecule has 0 aliphatic heterocycles. The molecule has 0 saturated carbocycles. The maximum absolute atomic E-state index is 12.7. The highest BCUT2D eigenvalue weighted by Gasteiger charge is 2.05. The van der Waals surface area contributed by atoms with Gasteiger partial charge in [0.1, 0.15) is 5.82 Å².